The van der Waals surface area contributed by atoms with Crippen molar-refractivity contribution < 1.29 is 9.53 Å². The van der Waals surface area contributed by atoms with Gasteiger partial charge in [0, 0.05) is 6.61 Å². The lowest BCUT2D eigenvalue weighted by Gasteiger charge is -2.13. The zero-order chi connectivity index (χ0) is 10.3. The molecule has 13 heavy (non-hydrogen) atoms. The number of ether oxygens (including phenoxy) is 1. The van der Waals surface area contributed by atoms with Crippen LogP contribution in [0.15, 0.2) is 0 Å². The SMILES string of the molecule is CC(C#N)COCCC[Si](C)(C)O. The van der Waals surface area contributed by atoms with Crippen molar-refractivity contribution in [2.45, 2.75) is 32.5 Å². The molecule has 0 aliphatic rings. The Morgan fingerprint density at radius 2 is 2.15 bits per heavy atom. The topological polar surface area (TPSA) is 53.2 Å². The van der Waals surface area contributed by atoms with E-state index >= 15 is 0 Å². The van der Waals surface area contributed by atoms with Crippen molar-refractivity contribution in [3.05, 3.63) is 0 Å². The lowest BCUT2D eigenvalue weighted by atomic mass is 10.2. The van der Waals surface area contributed by atoms with Gasteiger partial charge in [0.05, 0.1) is 18.6 Å². The Morgan fingerprint density at radius 3 is 2.62 bits per heavy atom. The molecule has 0 aromatic carbocycles. The maximum Gasteiger partial charge on any atom is 0.182 e. The van der Waals surface area contributed by atoms with Crippen LogP contribution in [0.1, 0.15) is 13.3 Å². The molecule has 1 atom stereocenters. The van der Waals surface area contributed by atoms with E-state index in [9.17, 15) is 4.80 Å². The zero-order valence-corrected chi connectivity index (χ0v) is 9.71. The van der Waals surface area contributed by atoms with E-state index in [0.29, 0.717) is 13.2 Å². The number of nitriles is 1. The fourth-order valence-electron chi connectivity index (χ4n) is 0.904. The minimum atomic E-state index is -1.89. The second-order valence-corrected chi connectivity index (χ2v) is 8.15. The van der Waals surface area contributed by atoms with Gasteiger partial charge in [-0.2, -0.15) is 5.26 Å². The van der Waals surface area contributed by atoms with Crippen molar-refractivity contribution in [2.24, 2.45) is 5.92 Å². The normalized spacial score (nSPS) is 13.8. The number of rotatable bonds is 6. The van der Waals surface area contributed by atoms with Gasteiger partial charge in [0.1, 0.15) is 0 Å². The van der Waals surface area contributed by atoms with Crippen LogP contribution in [0.4, 0.5) is 0 Å². The molecule has 0 saturated carbocycles. The van der Waals surface area contributed by atoms with Gasteiger partial charge in [-0.25, -0.2) is 0 Å². The second-order valence-electron chi connectivity index (χ2n) is 4.02. The highest BCUT2D eigenvalue weighted by Crippen LogP contribution is 2.07. The van der Waals surface area contributed by atoms with Gasteiger partial charge in [-0.15, -0.1) is 0 Å². The Bertz CT molecular complexity index is 171. The van der Waals surface area contributed by atoms with Crippen molar-refractivity contribution in [3.63, 3.8) is 0 Å². The molecule has 0 spiro atoms. The van der Waals surface area contributed by atoms with Crippen molar-refractivity contribution >= 4 is 8.32 Å². The summed E-state index contributed by atoms with van der Waals surface area (Å²) in [4.78, 5) is 9.50. The molecule has 3 nitrogen and oxygen atoms in total. The van der Waals surface area contributed by atoms with Crippen molar-refractivity contribution in [1.29, 1.82) is 5.26 Å². The first-order chi connectivity index (χ1) is 5.95. The molecule has 0 rings (SSSR count). The van der Waals surface area contributed by atoms with E-state index in [4.69, 9.17) is 10.00 Å². The van der Waals surface area contributed by atoms with Crippen LogP contribution in [0.2, 0.25) is 19.1 Å². The average molecular weight is 201 g/mol. The molecule has 1 N–H and O–H groups in total. The van der Waals surface area contributed by atoms with Crippen LogP contribution in [0.25, 0.3) is 0 Å². The van der Waals surface area contributed by atoms with E-state index < -0.39 is 8.32 Å². The maximum atomic E-state index is 9.50. The van der Waals surface area contributed by atoms with Crippen LogP contribution in [0, 0.1) is 17.2 Å². The number of nitrogens with zero attached hydrogens (tertiary/aromatic N) is 1. The molecular formula is C9H19NO2Si. The smallest absolute Gasteiger partial charge is 0.182 e. The van der Waals surface area contributed by atoms with Crippen LogP contribution < -0.4 is 0 Å². The summed E-state index contributed by atoms with van der Waals surface area (Å²) in [5.41, 5.74) is 0. The highest BCUT2D eigenvalue weighted by molar-refractivity contribution is 6.69. The Hall–Kier alpha value is -0.373. The maximum absolute atomic E-state index is 9.50. The quantitative estimate of drug-likeness (QED) is 0.526. The van der Waals surface area contributed by atoms with Crippen molar-refractivity contribution in [3.8, 4) is 6.07 Å². The Balaban J connectivity index is 3.24. The van der Waals surface area contributed by atoms with Crippen LogP contribution >= 0.6 is 0 Å². The summed E-state index contributed by atoms with van der Waals surface area (Å²) in [7, 11) is -1.89. The number of hydrogen-bond acceptors (Lipinski definition) is 3. The third-order valence-electron chi connectivity index (χ3n) is 1.67. The van der Waals surface area contributed by atoms with E-state index in [1.54, 1.807) is 0 Å². The predicted octanol–water partition coefficient (Wildman–Crippen LogP) is 1.75. The third-order valence-corrected chi connectivity index (χ3v) is 3.24. The molecule has 76 valence electrons. The van der Waals surface area contributed by atoms with E-state index in [2.05, 4.69) is 6.07 Å². The fraction of sp³-hybridized carbons (Fsp3) is 0.889. The van der Waals surface area contributed by atoms with E-state index in [-0.39, 0.29) is 5.92 Å². The Labute approximate surface area is 81.5 Å². The molecule has 0 aliphatic heterocycles. The van der Waals surface area contributed by atoms with Gasteiger partial charge < -0.3 is 9.53 Å². The van der Waals surface area contributed by atoms with Gasteiger partial charge in [0.15, 0.2) is 8.32 Å². The zero-order valence-electron chi connectivity index (χ0n) is 8.71. The summed E-state index contributed by atoms with van der Waals surface area (Å²) in [6.07, 6.45) is 0.897. The van der Waals surface area contributed by atoms with Crippen molar-refractivity contribution in [1.82, 2.24) is 0 Å². The van der Waals surface area contributed by atoms with Gasteiger partial charge >= 0.3 is 0 Å². The first-order valence-electron chi connectivity index (χ1n) is 4.65. The molecular weight excluding hydrogens is 182 g/mol. The first-order valence-corrected chi connectivity index (χ1v) is 7.81. The molecule has 0 amide bonds. The van der Waals surface area contributed by atoms with Crippen LogP contribution in [-0.2, 0) is 4.74 Å². The largest absolute Gasteiger partial charge is 0.432 e. The summed E-state index contributed by atoms with van der Waals surface area (Å²) < 4.78 is 5.27. The standard InChI is InChI=1S/C9H19NO2Si/c1-9(7-10)8-12-5-4-6-13(2,3)11/h9,11H,4-6,8H2,1-3H3. The lowest BCUT2D eigenvalue weighted by molar-refractivity contribution is 0.118. The molecule has 0 aromatic heterocycles. The van der Waals surface area contributed by atoms with Crippen molar-refractivity contribution in [2.75, 3.05) is 13.2 Å². The first kappa shape index (κ1) is 12.6. The second kappa shape index (κ2) is 6.14. The predicted molar refractivity (Wildman–Crippen MR) is 54.7 cm³/mol. The van der Waals surface area contributed by atoms with Gasteiger partial charge in [-0.1, -0.05) is 0 Å². The molecule has 0 radical (unpaired) electrons. The van der Waals surface area contributed by atoms with E-state index in [0.717, 1.165) is 12.5 Å². The lowest BCUT2D eigenvalue weighted by Crippen LogP contribution is -2.24. The Morgan fingerprint density at radius 1 is 1.54 bits per heavy atom. The van der Waals surface area contributed by atoms with Crippen LogP contribution in [0.3, 0.4) is 0 Å². The summed E-state index contributed by atoms with van der Waals surface area (Å²) in [5, 5.41) is 8.46. The molecule has 0 heterocycles. The summed E-state index contributed by atoms with van der Waals surface area (Å²) in [6, 6.07) is 2.98. The molecule has 1 unspecified atom stereocenters. The van der Waals surface area contributed by atoms with Gasteiger partial charge in [0.2, 0.25) is 0 Å². The molecule has 0 saturated heterocycles. The van der Waals surface area contributed by atoms with E-state index in [1.807, 2.05) is 20.0 Å². The monoisotopic (exact) mass is 201 g/mol. The van der Waals surface area contributed by atoms with Crippen LogP contribution in [-0.4, -0.2) is 26.3 Å². The molecule has 0 aromatic rings. The average Bonchev–Trinajstić information content (AvgIpc) is 2.01. The molecule has 4 heteroatoms. The summed E-state index contributed by atoms with van der Waals surface area (Å²) >= 11 is 0. The van der Waals surface area contributed by atoms with E-state index in [1.165, 1.54) is 0 Å². The summed E-state index contributed by atoms with van der Waals surface area (Å²) in [6.45, 7) is 6.84. The molecule has 0 aliphatic carbocycles. The molecule has 0 bridgehead atoms. The fourth-order valence-corrected chi connectivity index (χ4v) is 1.91. The third kappa shape index (κ3) is 9.54. The van der Waals surface area contributed by atoms with Gasteiger partial charge in [-0.05, 0) is 32.5 Å². The van der Waals surface area contributed by atoms with Gasteiger partial charge in [-0.3, -0.25) is 0 Å². The highest BCUT2D eigenvalue weighted by atomic mass is 28.4. The minimum Gasteiger partial charge on any atom is -0.432 e. The van der Waals surface area contributed by atoms with Crippen LogP contribution in [0.5, 0.6) is 0 Å². The summed E-state index contributed by atoms with van der Waals surface area (Å²) in [5.74, 6) is -0.0284. The Kier molecular flexibility index (Phi) is 5.96. The van der Waals surface area contributed by atoms with Gasteiger partial charge in [0.25, 0.3) is 0 Å². The highest BCUT2D eigenvalue weighted by Gasteiger charge is 2.15. The minimum absolute atomic E-state index is 0.0284. The molecule has 0 fully saturated rings. The number of hydrogen-bond donors (Lipinski definition) is 1.